The Morgan fingerprint density at radius 3 is 1.96 bits per heavy atom. The smallest absolute Gasteiger partial charge is 0.260 e. The summed E-state index contributed by atoms with van der Waals surface area (Å²) in [5, 5.41) is 9.67. The van der Waals surface area contributed by atoms with Crippen LogP contribution in [0.15, 0.2) is 48.5 Å². The van der Waals surface area contributed by atoms with Gasteiger partial charge in [0, 0.05) is 26.2 Å². The van der Waals surface area contributed by atoms with Crippen molar-refractivity contribution in [3.8, 4) is 17.2 Å². The molecule has 28 heavy (non-hydrogen) atoms. The summed E-state index contributed by atoms with van der Waals surface area (Å²) < 4.78 is 10.9. The Hall–Kier alpha value is -3.22. The number of amides is 2. The standard InChI is InChI=1S/C21H24N2O5/c1-16-6-8-17(9-7-16)27-14-20(25)22-10-12-23(13-11-22)21(26)15-28-19-5-3-2-4-18(19)24/h2-9,24H,10-15H2,1H3. The first kappa shape index (κ1) is 19.5. The van der Waals surface area contributed by atoms with Gasteiger partial charge >= 0.3 is 0 Å². The highest BCUT2D eigenvalue weighted by Gasteiger charge is 2.24. The minimum Gasteiger partial charge on any atom is -0.504 e. The normalized spacial score (nSPS) is 13.9. The van der Waals surface area contributed by atoms with E-state index in [1.165, 1.54) is 6.07 Å². The highest BCUT2D eigenvalue weighted by molar-refractivity contribution is 5.80. The molecule has 3 rings (SSSR count). The van der Waals surface area contributed by atoms with Crippen molar-refractivity contribution in [2.45, 2.75) is 6.92 Å². The molecule has 0 unspecified atom stereocenters. The Morgan fingerprint density at radius 2 is 1.39 bits per heavy atom. The van der Waals surface area contributed by atoms with E-state index in [1.54, 1.807) is 28.0 Å². The predicted molar refractivity (Wildman–Crippen MR) is 103 cm³/mol. The van der Waals surface area contributed by atoms with Crippen molar-refractivity contribution >= 4 is 11.8 Å². The highest BCUT2D eigenvalue weighted by Crippen LogP contribution is 2.24. The summed E-state index contributed by atoms with van der Waals surface area (Å²) in [6.45, 7) is 3.62. The lowest BCUT2D eigenvalue weighted by molar-refractivity contribution is -0.141. The number of hydrogen-bond donors (Lipinski definition) is 1. The van der Waals surface area contributed by atoms with E-state index in [-0.39, 0.29) is 36.5 Å². The fourth-order valence-corrected chi connectivity index (χ4v) is 2.89. The number of para-hydroxylation sites is 2. The zero-order valence-corrected chi connectivity index (χ0v) is 15.8. The van der Waals surface area contributed by atoms with Crippen LogP contribution in [0.3, 0.4) is 0 Å². The molecular formula is C21H24N2O5. The molecule has 0 bridgehead atoms. The van der Waals surface area contributed by atoms with E-state index in [0.29, 0.717) is 31.9 Å². The molecule has 2 aromatic rings. The van der Waals surface area contributed by atoms with Crippen LogP contribution in [0, 0.1) is 6.92 Å². The Morgan fingerprint density at radius 1 is 0.857 bits per heavy atom. The molecule has 1 fully saturated rings. The highest BCUT2D eigenvalue weighted by atomic mass is 16.5. The van der Waals surface area contributed by atoms with Crippen molar-refractivity contribution in [1.29, 1.82) is 0 Å². The minimum absolute atomic E-state index is 0.000655. The third-order valence-electron chi connectivity index (χ3n) is 4.58. The first-order valence-corrected chi connectivity index (χ1v) is 9.19. The number of benzene rings is 2. The van der Waals surface area contributed by atoms with Gasteiger partial charge in [0.2, 0.25) is 0 Å². The Bertz CT molecular complexity index is 814. The van der Waals surface area contributed by atoms with Gasteiger partial charge < -0.3 is 24.4 Å². The topological polar surface area (TPSA) is 79.3 Å². The van der Waals surface area contributed by atoms with E-state index in [9.17, 15) is 14.7 Å². The number of piperazine rings is 1. The van der Waals surface area contributed by atoms with E-state index in [4.69, 9.17) is 9.47 Å². The van der Waals surface area contributed by atoms with Crippen LogP contribution in [-0.2, 0) is 9.59 Å². The summed E-state index contributed by atoms with van der Waals surface area (Å²) in [6.07, 6.45) is 0. The third kappa shape index (κ3) is 5.16. The first-order chi connectivity index (χ1) is 13.5. The Labute approximate surface area is 164 Å². The van der Waals surface area contributed by atoms with Gasteiger partial charge in [0.25, 0.3) is 11.8 Å². The van der Waals surface area contributed by atoms with Crippen LogP contribution in [-0.4, -0.2) is 66.1 Å². The summed E-state index contributed by atoms with van der Waals surface area (Å²) >= 11 is 0. The van der Waals surface area contributed by atoms with Crippen molar-refractivity contribution in [1.82, 2.24) is 9.80 Å². The summed E-state index contributed by atoms with van der Waals surface area (Å²) in [7, 11) is 0. The molecule has 7 nitrogen and oxygen atoms in total. The number of carbonyl (C=O) groups excluding carboxylic acids is 2. The molecule has 2 aromatic carbocycles. The van der Waals surface area contributed by atoms with Gasteiger partial charge in [-0.25, -0.2) is 0 Å². The maximum absolute atomic E-state index is 12.3. The van der Waals surface area contributed by atoms with Crippen molar-refractivity contribution < 1.29 is 24.2 Å². The number of ether oxygens (including phenoxy) is 2. The van der Waals surface area contributed by atoms with Crippen LogP contribution >= 0.6 is 0 Å². The van der Waals surface area contributed by atoms with Crippen LogP contribution in [0.4, 0.5) is 0 Å². The second-order valence-electron chi connectivity index (χ2n) is 6.62. The summed E-state index contributed by atoms with van der Waals surface area (Å²) in [5.74, 6) is 0.663. The Balaban J connectivity index is 1.40. The average molecular weight is 384 g/mol. The van der Waals surface area contributed by atoms with E-state index in [2.05, 4.69) is 0 Å². The van der Waals surface area contributed by atoms with Gasteiger partial charge in [-0.3, -0.25) is 9.59 Å². The van der Waals surface area contributed by atoms with E-state index in [0.717, 1.165) is 5.56 Å². The zero-order valence-electron chi connectivity index (χ0n) is 15.8. The molecular weight excluding hydrogens is 360 g/mol. The molecule has 1 N–H and O–H groups in total. The molecule has 0 aromatic heterocycles. The average Bonchev–Trinajstić information content (AvgIpc) is 2.72. The van der Waals surface area contributed by atoms with Crippen LogP contribution in [0.1, 0.15) is 5.56 Å². The molecule has 148 valence electrons. The fourth-order valence-electron chi connectivity index (χ4n) is 2.89. The second kappa shape index (κ2) is 9.12. The summed E-state index contributed by atoms with van der Waals surface area (Å²) in [4.78, 5) is 28.0. The lowest BCUT2D eigenvalue weighted by Gasteiger charge is -2.34. The first-order valence-electron chi connectivity index (χ1n) is 9.19. The molecule has 7 heteroatoms. The van der Waals surface area contributed by atoms with Gasteiger partial charge in [0.15, 0.2) is 24.7 Å². The van der Waals surface area contributed by atoms with Gasteiger partial charge in [-0.1, -0.05) is 29.8 Å². The largest absolute Gasteiger partial charge is 0.504 e. The van der Waals surface area contributed by atoms with Gasteiger partial charge in [-0.2, -0.15) is 0 Å². The van der Waals surface area contributed by atoms with Gasteiger partial charge in [0.1, 0.15) is 5.75 Å². The molecule has 0 atom stereocenters. The van der Waals surface area contributed by atoms with Crippen LogP contribution in [0.2, 0.25) is 0 Å². The molecule has 1 heterocycles. The molecule has 0 saturated carbocycles. The molecule has 0 spiro atoms. The zero-order chi connectivity index (χ0) is 19.9. The van der Waals surface area contributed by atoms with Crippen molar-refractivity contribution in [3.63, 3.8) is 0 Å². The number of phenols is 1. The van der Waals surface area contributed by atoms with E-state index < -0.39 is 0 Å². The maximum atomic E-state index is 12.3. The molecule has 0 radical (unpaired) electrons. The second-order valence-corrected chi connectivity index (χ2v) is 6.62. The fraction of sp³-hybridized carbons (Fsp3) is 0.333. The van der Waals surface area contributed by atoms with Crippen molar-refractivity contribution in [2.24, 2.45) is 0 Å². The number of phenolic OH excluding ortho intramolecular Hbond substituents is 1. The molecule has 0 aliphatic carbocycles. The number of rotatable bonds is 6. The van der Waals surface area contributed by atoms with Crippen LogP contribution in [0.25, 0.3) is 0 Å². The van der Waals surface area contributed by atoms with Crippen LogP contribution < -0.4 is 9.47 Å². The third-order valence-corrected chi connectivity index (χ3v) is 4.58. The van der Waals surface area contributed by atoms with Gasteiger partial charge in [-0.05, 0) is 31.2 Å². The Kier molecular flexibility index (Phi) is 6.37. The van der Waals surface area contributed by atoms with Gasteiger partial charge in [0.05, 0.1) is 0 Å². The van der Waals surface area contributed by atoms with Gasteiger partial charge in [-0.15, -0.1) is 0 Å². The maximum Gasteiger partial charge on any atom is 0.260 e. The quantitative estimate of drug-likeness (QED) is 0.822. The number of aromatic hydroxyl groups is 1. The predicted octanol–water partition coefficient (Wildman–Crippen LogP) is 1.83. The summed E-state index contributed by atoms with van der Waals surface area (Å²) in [5.41, 5.74) is 1.13. The number of carbonyl (C=O) groups is 2. The molecule has 1 aliphatic heterocycles. The number of nitrogens with zero attached hydrogens (tertiary/aromatic N) is 2. The van der Waals surface area contributed by atoms with E-state index in [1.807, 2.05) is 31.2 Å². The monoisotopic (exact) mass is 384 g/mol. The minimum atomic E-state index is -0.175. The lowest BCUT2D eigenvalue weighted by atomic mass is 10.2. The molecule has 2 amide bonds. The van der Waals surface area contributed by atoms with Crippen molar-refractivity contribution in [3.05, 3.63) is 54.1 Å². The van der Waals surface area contributed by atoms with Crippen LogP contribution in [0.5, 0.6) is 17.2 Å². The molecule has 1 saturated heterocycles. The lowest BCUT2D eigenvalue weighted by Crippen LogP contribution is -2.52. The number of aryl methyl sites for hydroxylation is 1. The van der Waals surface area contributed by atoms with E-state index >= 15 is 0 Å². The van der Waals surface area contributed by atoms with Crippen molar-refractivity contribution in [2.75, 3.05) is 39.4 Å². The number of hydrogen-bond acceptors (Lipinski definition) is 5. The SMILES string of the molecule is Cc1ccc(OCC(=O)N2CCN(C(=O)COc3ccccc3O)CC2)cc1. The summed E-state index contributed by atoms with van der Waals surface area (Å²) in [6, 6.07) is 14.1. The molecule has 1 aliphatic rings.